The summed E-state index contributed by atoms with van der Waals surface area (Å²) in [6.07, 6.45) is -4.25. The molecule has 202 valence electrons. The van der Waals surface area contributed by atoms with E-state index >= 15 is 4.39 Å². The molecular formula is C26H21F4N5O2S2. The molecule has 2 aromatic carbocycles. The molecule has 7 nitrogen and oxygen atoms in total. The van der Waals surface area contributed by atoms with E-state index in [0.717, 1.165) is 17.0 Å². The fraction of sp³-hybridized carbons (Fsp3) is 0.269. The van der Waals surface area contributed by atoms with Crippen LogP contribution >= 0.6 is 23.6 Å². The molecule has 0 saturated carbocycles. The van der Waals surface area contributed by atoms with Crippen LogP contribution in [0.3, 0.4) is 0 Å². The lowest BCUT2D eigenvalue weighted by Crippen LogP contribution is -2.44. The maximum absolute atomic E-state index is 15.1. The van der Waals surface area contributed by atoms with Gasteiger partial charge in [0.25, 0.3) is 11.8 Å². The van der Waals surface area contributed by atoms with E-state index in [-0.39, 0.29) is 34.5 Å². The SMILES string of the molecule is CCc1ncsc1C(=O)NCc1ccc(N2C(=S)N(c3ccc(C#N)c(C(F)(F)F)c3)C(=O)C2(C)C)cc1F. The van der Waals surface area contributed by atoms with E-state index < -0.39 is 34.6 Å². The van der Waals surface area contributed by atoms with Gasteiger partial charge in [-0.2, -0.15) is 18.4 Å². The van der Waals surface area contributed by atoms with E-state index in [0.29, 0.717) is 23.1 Å². The van der Waals surface area contributed by atoms with Gasteiger partial charge in [0.2, 0.25) is 0 Å². The Labute approximate surface area is 230 Å². The lowest BCUT2D eigenvalue weighted by atomic mass is 10.0. The molecule has 1 aliphatic rings. The largest absolute Gasteiger partial charge is 0.417 e. The summed E-state index contributed by atoms with van der Waals surface area (Å²) in [5.74, 6) is -1.67. The summed E-state index contributed by atoms with van der Waals surface area (Å²) in [6, 6.07) is 8.48. The number of benzene rings is 2. The van der Waals surface area contributed by atoms with Gasteiger partial charge in [0, 0.05) is 17.8 Å². The number of aryl methyl sites for hydroxylation is 1. The number of nitrogens with zero attached hydrogens (tertiary/aromatic N) is 4. The number of rotatable bonds is 6. The molecule has 1 fully saturated rings. The summed E-state index contributed by atoms with van der Waals surface area (Å²) in [5, 5.41) is 11.6. The second-order valence-corrected chi connectivity index (χ2v) is 10.3. The van der Waals surface area contributed by atoms with Crippen LogP contribution in [-0.2, 0) is 23.9 Å². The molecule has 1 aliphatic heterocycles. The topological polar surface area (TPSA) is 89.3 Å². The number of nitrogens with one attached hydrogen (secondary N) is 1. The molecular weight excluding hydrogens is 554 g/mol. The van der Waals surface area contributed by atoms with Crippen molar-refractivity contribution >= 4 is 51.9 Å². The number of alkyl halides is 3. The second-order valence-electron chi connectivity index (χ2n) is 9.10. The van der Waals surface area contributed by atoms with Crippen LogP contribution in [0.25, 0.3) is 0 Å². The minimum atomic E-state index is -4.83. The number of carbonyl (C=O) groups is 2. The fourth-order valence-corrected chi connectivity index (χ4v) is 5.56. The molecule has 1 N–H and O–H groups in total. The van der Waals surface area contributed by atoms with Crippen LogP contribution in [0, 0.1) is 17.1 Å². The molecule has 1 saturated heterocycles. The first kappa shape index (κ1) is 28.1. The number of nitriles is 1. The fourth-order valence-electron chi connectivity index (χ4n) is 4.24. The van der Waals surface area contributed by atoms with Gasteiger partial charge in [-0.3, -0.25) is 14.5 Å². The Morgan fingerprint density at radius 3 is 2.51 bits per heavy atom. The van der Waals surface area contributed by atoms with Crippen molar-refractivity contribution in [1.82, 2.24) is 10.3 Å². The van der Waals surface area contributed by atoms with Gasteiger partial charge in [-0.15, -0.1) is 11.3 Å². The van der Waals surface area contributed by atoms with Crippen molar-refractivity contribution in [3.8, 4) is 6.07 Å². The highest BCUT2D eigenvalue weighted by Crippen LogP contribution is 2.40. The Morgan fingerprint density at radius 1 is 1.21 bits per heavy atom. The van der Waals surface area contributed by atoms with Crippen LogP contribution in [-0.4, -0.2) is 27.4 Å². The van der Waals surface area contributed by atoms with Crippen LogP contribution < -0.4 is 15.1 Å². The summed E-state index contributed by atoms with van der Waals surface area (Å²) in [6.45, 7) is 4.80. The Morgan fingerprint density at radius 2 is 1.90 bits per heavy atom. The average Bonchev–Trinajstić information content (AvgIpc) is 3.42. The quantitative estimate of drug-likeness (QED) is 0.305. The molecule has 39 heavy (non-hydrogen) atoms. The number of hydrogen-bond acceptors (Lipinski definition) is 6. The van der Waals surface area contributed by atoms with E-state index in [1.165, 1.54) is 54.4 Å². The number of amides is 2. The van der Waals surface area contributed by atoms with Crippen molar-refractivity contribution in [2.75, 3.05) is 9.80 Å². The first-order valence-corrected chi connectivity index (χ1v) is 12.9. The predicted molar refractivity (Wildman–Crippen MR) is 142 cm³/mol. The van der Waals surface area contributed by atoms with Gasteiger partial charge in [-0.05, 0) is 62.8 Å². The zero-order valence-corrected chi connectivity index (χ0v) is 22.5. The van der Waals surface area contributed by atoms with Gasteiger partial charge in [0.05, 0.1) is 34.1 Å². The highest BCUT2D eigenvalue weighted by atomic mass is 32.1. The van der Waals surface area contributed by atoms with E-state index in [9.17, 15) is 22.8 Å². The molecule has 1 aromatic heterocycles. The monoisotopic (exact) mass is 575 g/mol. The first-order chi connectivity index (χ1) is 18.3. The van der Waals surface area contributed by atoms with E-state index in [4.69, 9.17) is 17.5 Å². The summed E-state index contributed by atoms with van der Waals surface area (Å²) in [4.78, 5) is 32.7. The van der Waals surface area contributed by atoms with Gasteiger partial charge >= 0.3 is 6.18 Å². The predicted octanol–water partition coefficient (Wildman–Crippen LogP) is 5.58. The van der Waals surface area contributed by atoms with Crippen molar-refractivity contribution in [2.45, 2.75) is 45.5 Å². The van der Waals surface area contributed by atoms with Crippen molar-refractivity contribution in [2.24, 2.45) is 0 Å². The molecule has 0 aliphatic carbocycles. The Hall–Kier alpha value is -3.89. The highest BCUT2D eigenvalue weighted by Gasteiger charge is 2.50. The number of hydrogen-bond donors (Lipinski definition) is 1. The Balaban J connectivity index is 1.61. The van der Waals surface area contributed by atoms with Crippen LogP contribution in [0.4, 0.5) is 28.9 Å². The molecule has 2 heterocycles. The summed E-state index contributed by atoms with van der Waals surface area (Å²) >= 11 is 6.67. The van der Waals surface area contributed by atoms with Crippen molar-refractivity contribution in [3.05, 3.63) is 75.0 Å². The third kappa shape index (κ3) is 5.09. The number of thiazole rings is 1. The molecule has 2 amide bonds. The number of halogens is 4. The van der Waals surface area contributed by atoms with E-state index in [1.807, 2.05) is 6.92 Å². The zero-order chi connectivity index (χ0) is 28.7. The zero-order valence-electron chi connectivity index (χ0n) is 20.9. The normalized spacial score (nSPS) is 15.0. The second kappa shape index (κ2) is 10.3. The summed E-state index contributed by atoms with van der Waals surface area (Å²) < 4.78 is 55.7. The Bertz CT molecular complexity index is 1530. The standard InChI is InChI=1S/C26H21F4N5O2S2/c1-4-20-21(39-13-33-20)22(36)32-12-15-6-8-17(10-19(15)27)35-24(38)34(23(37)25(35,2)3)16-7-5-14(11-31)18(9-16)26(28,29)30/h5-10,13H,4,12H2,1-3H3,(H,32,36). The molecule has 0 unspecified atom stereocenters. The molecule has 0 bridgehead atoms. The van der Waals surface area contributed by atoms with Crippen LogP contribution in [0.5, 0.6) is 0 Å². The first-order valence-electron chi connectivity index (χ1n) is 11.6. The van der Waals surface area contributed by atoms with E-state index in [2.05, 4.69) is 10.3 Å². The minimum absolute atomic E-state index is 0.101. The maximum atomic E-state index is 15.1. The lowest BCUT2D eigenvalue weighted by Gasteiger charge is -2.29. The number of aromatic nitrogens is 1. The van der Waals surface area contributed by atoms with Crippen molar-refractivity contribution in [3.63, 3.8) is 0 Å². The molecule has 0 atom stereocenters. The minimum Gasteiger partial charge on any atom is -0.347 e. The third-order valence-corrected chi connectivity index (χ3v) is 7.50. The van der Waals surface area contributed by atoms with E-state index in [1.54, 1.807) is 5.51 Å². The lowest BCUT2D eigenvalue weighted by molar-refractivity contribution is -0.137. The average molecular weight is 576 g/mol. The van der Waals surface area contributed by atoms with Gasteiger partial charge in [-0.25, -0.2) is 9.37 Å². The van der Waals surface area contributed by atoms with Gasteiger partial charge in [0.1, 0.15) is 16.2 Å². The maximum Gasteiger partial charge on any atom is 0.417 e. The summed E-state index contributed by atoms with van der Waals surface area (Å²) in [7, 11) is 0. The van der Waals surface area contributed by atoms with Crippen LogP contribution in [0.2, 0.25) is 0 Å². The smallest absolute Gasteiger partial charge is 0.347 e. The van der Waals surface area contributed by atoms with Crippen molar-refractivity contribution in [1.29, 1.82) is 5.26 Å². The molecule has 0 spiro atoms. The van der Waals surface area contributed by atoms with Crippen molar-refractivity contribution < 1.29 is 27.2 Å². The Kier molecular flexibility index (Phi) is 7.46. The van der Waals surface area contributed by atoms with Crippen LogP contribution in [0.1, 0.15) is 52.8 Å². The molecule has 3 aromatic rings. The van der Waals surface area contributed by atoms with Gasteiger partial charge in [0.15, 0.2) is 5.11 Å². The third-order valence-electron chi connectivity index (χ3n) is 6.27. The number of carbonyl (C=O) groups excluding carboxylic acids is 2. The van der Waals surface area contributed by atoms with Gasteiger partial charge in [-0.1, -0.05) is 13.0 Å². The molecule has 13 heteroatoms. The summed E-state index contributed by atoms with van der Waals surface area (Å²) in [5.41, 5.74) is -0.721. The molecule has 0 radical (unpaired) electrons. The number of thiocarbonyl (C=S) groups is 1. The van der Waals surface area contributed by atoms with Gasteiger partial charge < -0.3 is 10.2 Å². The van der Waals surface area contributed by atoms with Crippen LogP contribution in [0.15, 0.2) is 41.9 Å². The number of anilines is 2. The highest BCUT2D eigenvalue weighted by molar-refractivity contribution is 7.81. The molecule has 4 rings (SSSR count).